The number of carbonyl (C=O) groups is 3. The topological polar surface area (TPSA) is 82.2 Å². The largest absolute Gasteiger partial charge is 0.369 e. The number of hydrogen-bond acceptors (Lipinski definition) is 6. The van der Waals surface area contributed by atoms with Gasteiger partial charge in [0.15, 0.2) is 5.78 Å². The number of carbonyl (C=O) groups excluding carboxylic acids is 3. The molecule has 0 aromatic heterocycles. The maximum atomic E-state index is 13.6. The van der Waals surface area contributed by atoms with Gasteiger partial charge >= 0.3 is 0 Å². The maximum Gasteiger partial charge on any atom is 0.251 e. The van der Waals surface area contributed by atoms with Crippen molar-refractivity contribution in [1.29, 1.82) is 0 Å². The van der Waals surface area contributed by atoms with Crippen molar-refractivity contribution in [1.82, 2.24) is 15.1 Å². The van der Waals surface area contributed by atoms with Crippen LogP contribution >= 0.6 is 0 Å². The second-order valence-electron chi connectivity index (χ2n) is 10.9. The molecule has 0 unspecified atom stereocenters. The number of piperazine rings is 1. The van der Waals surface area contributed by atoms with Gasteiger partial charge in [0.1, 0.15) is 18.7 Å². The molecule has 3 aliphatic heterocycles. The quantitative estimate of drug-likeness (QED) is 0.564. The van der Waals surface area contributed by atoms with E-state index in [-0.39, 0.29) is 42.1 Å². The van der Waals surface area contributed by atoms with E-state index in [4.69, 9.17) is 4.74 Å². The average molecular weight is 499 g/mol. The summed E-state index contributed by atoms with van der Waals surface area (Å²) >= 11 is 0. The summed E-state index contributed by atoms with van der Waals surface area (Å²) in [7, 11) is 0. The molecular formula is C28H42N4O4. The van der Waals surface area contributed by atoms with Crippen LogP contribution in [0.5, 0.6) is 0 Å². The molecule has 1 aromatic carbocycles. The molecule has 4 rings (SSSR count). The molecule has 1 N–H and O–H groups in total. The normalized spacial score (nSPS) is 25.4. The summed E-state index contributed by atoms with van der Waals surface area (Å²) in [5.74, 6) is -0.111. The van der Waals surface area contributed by atoms with E-state index in [1.165, 1.54) is 6.42 Å². The van der Waals surface area contributed by atoms with E-state index in [9.17, 15) is 14.4 Å². The number of nitrogens with zero attached hydrogens (tertiary/aromatic N) is 3. The predicted octanol–water partition coefficient (Wildman–Crippen LogP) is 2.57. The van der Waals surface area contributed by atoms with Crippen LogP contribution in [0.1, 0.15) is 57.3 Å². The lowest BCUT2D eigenvalue weighted by molar-refractivity contribution is -0.138. The summed E-state index contributed by atoms with van der Waals surface area (Å²) in [5, 5.41) is 2.99. The van der Waals surface area contributed by atoms with Crippen LogP contribution in [-0.2, 0) is 14.3 Å². The fraction of sp³-hybridized carbons (Fsp3) is 0.679. The second-order valence-corrected chi connectivity index (χ2v) is 10.9. The van der Waals surface area contributed by atoms with Crippen molar-refractivity contribution in [3.63, 3.8) is 0 Å². The zero-order valence-electron chi connectivity index (χ0n) is 22.2. The van der Waals surface area contributed by atoms with Crippen LogP contribution in [0.25, 0.3) is 0 Å². The molecule has 0 saturated carbocycles. The van der Waals surface area contributed by atoms with Gasteiger partial charge < -0.3 is 19.9 Å². The molecule has 3 heterocycles. The van der Waals surface area contributed by atoms with Gasteiger partial charge in [-0.05, 0) is 56.0 Å². The number of Topliss-reactive ketones (excluding diaryl/α,β-unsaturated/α-hetero) is 1. The van der Waals surface area contributed by atoms with Gasteiger partial charge in [0, 0.05) is 49.9 Å². The number of nitrogens with one attached hydrogen (secondary N) is 1. The first-order valence-corrected chi connectivity index (χ1v) is 13.6. The van der Waals surface area contributed by atoms with Crippen LogP contribution in [-0.4, -0.2) is 91.5 Å². The molecule has 8 heteroatoms. The minimum Gasteiger partial charge on any atom is -0.369 e. The summed E-state index contributed by atoms with van der Waals surface area (Å²) in [4.78, 5) is 45.8. The monoisotopic (exact) mass is 498 g/mol. The van der Waals surface area contributed by atoms with Crippen LogP contribution in [0, 0.1) is 11.8 Å². The average Bonchev–Trinajstić information content (AvgIpc) is 3.44. The van der Waals surface area contributed by atoms with Crippen molar-refractivity contribution in [3.8, 4) is 0 Å². The molecule has 0 spiro atoms. The van der Waals surface area contributed by atoms with Crippen LogP contribution < -0.4 is 10.2 Å². The van der Waals surface area contributed by atoms with Crippen molar-refractivity contribution in [2.45, 2.75) is 65.1 Å². The third kappa shape index (κ3) is 5.75. The predicted molar refractivity (Wildman–Crippen MR) is 140 cm³/mol. The van der Waals surface area contributed by atoms with E-state index in [0.717, 1.165) is 44.8 Å². The summed E-state index contributed by atoms with van der Waals surface area (Å²) in [6.07, 6.45) is 2.31. The Balaban J connectivity index is 1.41. The SMILES string of the molecule is CCCN1CCN(c2ccc(C(=O)N[C@@H](CC(C)C)C(=O)N3C[C@@H](CC)[C@H]4OCC(=O)[C@H]43)cc2)CC1. The molecule has 2 amide bonds. The number of amides is 2. The number of ketones is 1. The Morgan fingerprint density at radius 2 is 1.78 bits per heavy atom. The van der Waals surface area contributed by atoms with Crippen LogP contribution in [0.2, 0.25) is 0 Å². The van der Waals surface area contributed by atoms with E-state index in [1.54, 1.807) is 4.90 Å². The summed E-state index contributed by atoms with van der Waals surface area (Å²) in [6, 6.07) is 6.48. The number of rotatable bonds is 9. The molecule has 1 aromatic rings. The van der Waals surface area contributed by atoms with E-state index in [1.807, 2.05) is 38.1 Å². The molecule has 3 aliphatic rings. The van der Waals surface area contributed by atoms with Gasteiger partial charge in [-0.2, -0.15) is 0 Å². The van der Waals surface area contributed by atoms with Crippen molar-refractivity contribution in [3.05, 3.63) is 29.8 Å². The Kier molecular flexibility index (Phi) is 8.67. The molecular weight excluding hydrogens is 456 g/mol. The van der Waals surface area contributed by atoms with E-state index >= 15 is 0 Å². The van der Waals surface area contributed by atoms with Gasteiger partial charge in [-0.25, -0.2) is 0 Å². The smallest absolute Gasteiger partial charge is 0.251 e. The highest BCUT2D eigenvalue weighted by Crippen LogP contribution is 2.34. The number of fused-ring (bicyclic) bond motifs is 1. The Morgan fingerprint density at radius 3 is 2.39 bits per heavy atom. The van der Waals surface area contributed by atoms with Crippen molar-refractivity contribution in [2.24, 2.45) is 11.8 Å². The summed E-state index contributed by atoms with van der Waals surface area (Å²) in [5.41, 5.74) is 1.65. The first-order valence-electron chi connectivity index (χ1n) is 13.6. The molecule has 3 fully saturated rings. The van der Waals surface area contributed by atoms with Crippen molar-refractivity contribution < 1.29 is 19.1 Å². The van der Waals surface area contributed by atoms with Crippen molar-refractivity contribution >= 4 is 23.3 Å². The minimum atomic E-state index is -0.673. The molecule has 0 aliphatic carbocycles. The third-order valence-corrected chi connectivity index (χ3v) is 7.82. The van der Waals surface area contributed by atoms with Gasteiger partial charge in [-0.1, -0.05) is 27.7 Å². The van der Waals surface area contributed by atoms with Gasteiger partial charge in [0.05, 0.1) is 6.10 Å². The van der Waals surface area contributed by atoms with E-state index in [0.29, 0.717) is 18.5 Å². The lowest BCUT2D eigenvalue weighted by Gasteiger charge is -2.36. The summed E-state index contributed by atoms with van der Waals surface area (Å²) in [6.45, 7) is 14.1. The number of anilines is 1. The molecule has 36 heavy (non-hydrogen) atoms. The zero-order valence-corrected chi connectivity index (χ0v) is 22.2. The van der Waals surface area contributed by atoms with Gasteiger partial charge in [0.2, 0.25) is 5.91 Å². The Hall–Kier alpha value is -2.45. The number of benzene rings is 1. The Bertz CT molecular complexity index is 926. The first-order chi connectivity index (χ1) is 17.3. The van der Waals surface area contributed by atoms with Crippen molar-refractivity contribution in [2.75, 3.05) is 50.8 Å². The van der Waals surface area contributed by atoms with Gasteiger partial charge in [0.25, 0.3) is 5.91 Å². The maximum absolute atomic E-state index is 13.6. The lowest BCUT2D eigenvalue weighted by atomic mass is 9.99. The molecule has 8 nitrogen and oxygen atoms in total. The van der Waals surface area contributed by atoms with E-state index < -0.39 is 12.1 Å². The second kappa shape index (κ2) is 11.7. The number of ether oxygens (including phenoxy) is 1. The Morgan fingerprint density at radius 1 is 1.08 bits per heavy atom. The molecule has 3 saturated heterocycles. The fourth-order valence-electron chi connectivity index (χ4n) is 5.85. The van der Waals surface area contributed by atoms with E-state index in [2.05, 4.69) is 29.0 Å². The Labute approximate surface area is 215 Å². The third-order valence-electron chi connectivity index (χ3n) is 7.82. The van der Waals surface area contributed by atoms with Crippen LogP contribution in [0.15, 0.2) is 24.3 Å². The summed E-state index contributed by atoms with van der Waals surface area (Å²) < 4.78 is 5.73. The van der Waals surface area contributed by atoms with Gasteiger partial charge in [-0.3, -0.25) is 19.3 Å². The van der Waals surface area contributed by atoms with Gasteiger partial charge in [-0.15, -0.1) is 0 Å². The fourth-order valence-corrected chi connectivity index (χ4v) is 5.85. The van der Waals surface area contributed by atoms with Crippen LogP contribution in [0.3, 0.4) is 0 Å². The molecule has 4 atom stereocenters. The lowest BCUT2D eigenvalue weighted by Crippen LogP contribution is -2.52. The highest BCUT2D eigenvalue weighted by molar-refractivity contribution is 5.99. The highest BCUT2D eigenvalue weighted by Gasteiger charge is 2.52. The number of hydrogen-bond donors (Lipinski definition) is 1. The number of likely N-dealkylation sites (tertiary alicyclic amines) is 1. The highest BCUT2D eigenvalue weighted by atomic mass is 16.5. The zero-order chi connectivity index (χ0) is 25.8. The standard InChI is InChI=1S/C28H42N4O4/c1-5-11-30-12-14-31(15-13-30)22-9-7-21(8-10-22)27(34)29-23(16-19(3)4)28(35)32-17-20(6-2)26-25(32)24(33)18-36-26/h7-10,19-20,23,25-26H,5-6,11-18H2,1-4H3,(H,29,34)/t20-,23+,25-,26-/m1/s1. The molecule has 0 bridgehead atoms. The minimum absolute atomic E-state index is 0.0370. The van der Waals surface area contributed by atoms with Crippen LogP contribution in [0.4, 0.5) is 5.69 Å². The molecule has 198 valence electrons. The molecule has 0 radical (unpaired) electrons. The first kappa shape index (κ1) is 26.6.